The van der Waals surface area contributed by atoms with E-state index in [0.29, 0.717) is 12.8 Å². The first kappa shape index (κ1) is 79.5. The SMILES string of the molecule is CCCCCCCC/C=C/CC/C=C/C(O)C(COC1OC(CO)C(OC2OC(CO)C(OC3OC(CO)C(O)C(O)C3O)C(O)C2O)C(O)C1O)NC(=O)CCCCCCCCCCCCCCCCCCCCCCCCCCCCCCCC. The molecule has 0 saturated carbocycles. The van der Waals surface area contributed by atoms with Crippen LogP contribution in [0.3, 0.4) is 0 Å². The van der Waals surface area contributed by atoms with E-state index in [9.17, 15) is 61.0 Å². The molecular formula is C68H127NO18. The average molecular weight is 1250 g/mol. The number of nitrogens with one attached hydrogen (secondary N) is 1. The zero-order valence-corrected chi connectivity index (χ0v) is 54.0. The molecule has 0 aromatic rings. The van der Waals surface area contributed by atoms with Gasteiger partial charge in [0.15, 0.2) is 18.9 Å². The van der Waals surface area contributed by atoms with Crippen LogP contribution in [0.15, 0.2) is 24.3 Å². The van der Waals surface area contributed by atoms with Gasteiger partial charge in [-0.1, -0.05) is 256 Å². The minimum atomic E-state index is -1.98. The minimum Gasteiger partial charge on any atom is -0.394 e. The van der Waals surface area contributed by atoms with E-state index in [-0.39, 0.29) is 18.9 Å². The number of ether oxygens (including phenoxy) is 6. The van der Waals surface area contributed by atoms with Crippen molar-refractivity contribution in [3.63, 3.8) is 0 Å². The van der Waals surface area contributed by atoms with Gasteiger partial charge < -0.3 is 89.9 Å². The summed E-state index contributed by atoms with van der Waals surface area (Å²) in [5, 5.41) is 120. The Morgan fingerprint density at radius 2 is 0.736 bits per heavy atom. The quantitative estimate of drug-likeness (QED) is 0.0200. The molecule has 0 radical (unpaired) electrons. The van der Waals surface area contributed by atoms with E-state index in [1.807, 2.05) is 6.08 Å². The summed E-state index contributed by atoms with van der Waals surface area (Å²) in [6.45, 7) is 1.71. The fraction of sp³-hybridized carbons (Fsp3) is 0.926. The van der Waals surface area contributed by atoms with Crippen LogP contribution in [0.5, 0.6) is 0 Å². The topological polar surface area (TPSA) is 307 Å². The summed E-state index contributed by atoms with van der Waals surface area (Å²) < 4.78 is 34.3. The van der Waals surface area contributed by atoms with Crippen molar-refractivity contribution in [3.8, 4) is 0 Å². The first-order valence-electron chi connectivity index (χ1n) is 35.1. The van der Waals surface area contributed by atoms with Crippen LogP contribution in [-0.2, 0) is 33.2 Å². The summed E-state index contributed by atoms with van der Waals surface area (Å²) in [6, 6.07) is -0.985. The second-order valence-corrected chi connectivity index (χ2v) is 25.3. The third-order valence-corrected chi connectivity index (χ3v) is 17.8. The van der Waals surface area contributed by atoms with Crippen molar-refractivity contribution < 1.29 is 89.4 Å². The maximum atomic E-state index is 13.4. The first-order chi connectivity index (χ1) is 42.3. The molecule has 0 spiro atoms. The predicted octanol–water partition coefficient (Wildman–Crippen LogP) is 9.05. The Morgan fingerprint density at radius 3 is 1.15 bits per heavy atom. The number of rotatable bonds is 54. The fourth-order valence-electron chi connectivity index (χ4n) is 12.0. The molecule has 0 aromatic heterocycles. The van der Waals surface area contributed by atoms with Crippen LogP contribution in [0.1, 0.15) is 271 Å². The molecule has 3 fully saturated rings. The largest absolute Gasteiger partial charge is 0.394 e. The van der Waals surface area contributed by atoms with Crippen molar-refractivity contribution in [3.05, 3.63) is 24.3 Å². The lowest BCUT2D eigenvalue weighted by Gasteiger charge is -2.48. The minimum absolute atomic E-state index is 0.240. The fourth-order valence-corrected chi connectivity index (χ4v) is 12.0. The molecule has 3 heterocycles. The van der Waals surface area contributed by atoms with Gasteiger partial charge in [-0.15, -0.1) is 0 Å². The molecule has 12 N–H and O–H groups in total. The van der Waals surface area contributed by atoms with Gasteiger partial charge in [0.25, 0.3) is 0 Å². The highest BCUT2D eigenvalue weighted by Crippen LogP contribution is 2.33. The molecule has 87 heavy (non-hydrogen) atoms. The van der Waals surface area contributed by atoms with Crippen LogP contribution in [0.25, 0.3) is 0 Å². The summed E-state index contributed by atoms with van der Waals surface area (Å²) in [4.78, 5) is 13.4. The van der Waals surface area contributed by atoms with E-state index in [0.717, 1.165) is 38.5 Å². The lowest BCUT2D eigenvalue weighted by molar-refractivity contribution is -0.379. The van der Waals surface area contributed by atoms with E-state index in [4.69, 9.17) is 28.4 Å². The molecule has 3 aliphatic rings. The molecule has 17 unspecified atom stereocenters. The number of hydrogen-bond acceptors (Lipinski definition) is 18. The average Bonchev–Trinajstić information content (AvgIpc) is 3.30. The highest BCUT2D eigenvalue weighted by atomic mass is 16.8. The zero-order valence-electron chi connectivity index (χ0n) is 54.0. The van der Waals surface area contributed by atoms with Crippen LogP contribution >= 0.6 is 0 Å². The summed E-state index contributed by atoms with van der Waals surface area (Å²) in [6.07, 6.45) is 30.5. The predicted molar refractivity (Wildman–Crippen MR) is 337 cm³/mol. The van der Waals surface area contributed by atoms with E-state index in [2.05, 4.69) is 31.3 Å². The molecule has 0 aliphatic carbocycles. The van der Waals surface area contributed by atoms with Gasteiger partial charge in [0, 0.05) is 6.42 Å². The molecule has 0 bridgehead atoms. The van der Waals surface area contributed by atoms with E-state index in [1.165, 1.54) is 199 Å². The number of unbranched alkanes of at least 4 members (excludes halogenated alkanes) is 36. The zero-order chi connectivity index (χ0) is 63.3. The molecule has 3 aliphatic heterocycles. The van der Waals surface area contributed by atoms with Crippen molar-refractivity contribution in [2.75, 3.05) is 26.4 Å². The van der Waals surface area contributed by atoms with Gasteiger partial charge in [-0.2, -0.15) is 0 Å². The van der Waals surface area contributed by atoms with Gasteiger partial charge in [0.05, 0.1) is 38.6 Å². The highest BCUT2D eigenvalue weighted by Gasteiger charge is 2.53. The molecule has 3 rings (SSSR count). The van der Waals surface area contributed by atoms with Gasteiger partial charge in [-0.05, 0) is 32.1 Å². The third-order valence-electron chi connectivity index (χ3n) is 17.8. The first-order valence-corrected chi connectivity index (χ1v) is 35.1. The van der Waals surface area contributed by atoms with Gasteiger partial charge in [-0.3, -0.25) is 4.79 Å². The van der Waals surface area contributed by atoms with Gasteiger partial charge >= 0.3 is 0 Å². The van der Waals surface area contributed by atoms with Crippen LogP contribution in [0.4, 0.5) is 0 Å². The van der Waals surface area contributed by atoms with Gasteiger partial charge in [-0.25, -0.2) is 0 Å². The maximum absolute atomic E-state index is 13.4. The van der Waals surface area contributed by atoms with E-state index in [1.54, 1.807) is 6.08 Å². The van der Waals surface area contributed by atoms with Crippen molar-refractivity contribution in [1.82, 2.24) is 5.32 Å². The van der Waals surface area contributed by atoms with Crippen molar-refractivity contribution in [2.24, 2.45) is 0 Å². The molecule has 1 amide bonds. The second kappa shape index (κ2) is 50.8. The van der Waals surface area contributed by atoms with Crippen molar-refractivity contribution in [1.29, 1.82) is 0 Å². The number of aliphatic hydroxyl groups is 11. The highest BCUT2D eigenvalue weighted by molar-refractivity contribution is 5.76. The van der Waals surface area contributed by atoms with Gasteiger partial charge in [0.2, 0.25) is 5.91 Å². The lowest BCUT2D eigenvalue weighted by Crippen LogP contribution is -2.66. The van der Waals surface area contributed by atoms with Crippen LogP contribution in [-0.4, -0.2) is 193 Å². The smallest absolute Gasteiger partial charge is 0.220 e. The van der Waals surface area contributed by atoms with Crippen LogP contribution < -0.4 is 5.32 Å². The van der Waals surface area contributed by atoms with Crippen molar-refractivity contribution in [2.45, 2.75) is 375 Å². The Hall–Kier alpha value is -1.73. The summed E-state index contributed by atoms with van der Waals surface area (Å²) >= 11 is 0. The molecule has 512 valence electrons. The number of amides is 1. The summed E-state index contributed by atoms with van der Waals surface area (Å²) in [7, 11) is 0. The molecular weight excluding hydrogens is 1120 g/mol. The lowest BCUT2D eigenvalue weighted by atomic mass is 9.96. The van der Waals surface area contributed by atoms with Gasteiger partial charge in [0.1, 0.15) is 73.2 Å². The number of hydrogen-bond donors (Lipinski definition) is 12. The maximum Gasteiger partial charge on any atom is 0.220 e. The molecule has 17 atom stereocenters. The number of carbonyl (C=O) groups excluding carboxylic acids is 1. The standard InChI is InChI=1S/C68H127NO18/c1-3-5-7-9-11-13-15-17-18-19-20-21-22-23-24-25-26-27-28-29-30-31-32-33-34-36-38-40-42-44-46-56(74)69-51(52(73)45-43-41-39-37-35-16-14-12-10-8-6-4-2)50-82-66-62(80)59(77)64(54(48-71)84-66)87-68-63(81)60(78)65(55(49-72)85-68)86-67-61(79)58(76)57(75)53(47-70)83-67/h35,37,43,45,51-55,57-68,70-73,75-81H,3-34,36,38-42,44,46-50H2,1-2H3,(H,69,74)/b37-35+,45-43+. The number of aliphatic hydroxyl groups excluding tert-OH is 11. The third kappa shape index (κ3) is 33.1. The Labute approximate surface area is 524 Å². The normalized spacial score (nSPS) is 28.7. The molecule has 0 aromatic carbocycles. The monoisotopic (exact) mass is 1250 g/mol. The Bertz CT molecular complexity index is 1680. The van der Waals surface area contributed by atoms with Crippen LogP contribution in [0.2, 0.25) is 0 Å². The molecule has 19 heteroatoms. The Kier molecular flexibility index (Phi) is 46.4. The van der Waals surface area contributed by atoms with Crippen LogP contribution in [0, 0.1) is 0 Å². The Balaban J connectivity index is 1.36. The summed E-state index contributed by atoms with van der Waals surface area (Å²) in [5.74, 6) is -0.281. The number of allylic oxidation sites excluding steroid dienone is 3. The molecule has 19 nitrogen and oxygen atoms in total. The van der Waals surface area contributed by atoms with E-state index >= 15 is 0 Å². The summed E-state index contributed by atoms with van der Waals surface area (Å²) in [5.41, 5.74) is 0. The second-order valence-electron chi connectivity index (χ2n) is 25.3. The molecule has 3 saturated heterocycles. The Morgan fingerprint density at radius 1 is 0.402 bits per heavy atom. The number of carbonyl (C=O) groups is 1. The van der Waals surface area contributed by atoms with Crippen molar-refractivity contribution >= 4 is 5.91 Å². The van der Waals surface area contributed by atoms with E-state index < -0.39 is 124 Å².